The minimum atomic E-state index is -0.345. The Kier molecular flexibility index (Phi) is 10.0. The summed E-state index contributed by atoms with van der Waals surface area (Å²) in [6, 6.07) is 7.53. The minimum Gasteiger partial charge on any atom is -0.494 e. The highest BCUT2D eigenvalue weighted by Gasteiger charge is 2.12. The summed E-state index contributed by atoms with van der Waals surface area (Å²) < 4.78 is 15.2. The van der Waals surface area contributed by atoms with Gasteiger partial charge < -0.3 is 19.1 Å². The van der Waals surface area contributed by atoms with Gasteiger partial charge in [0, 0.05) is 26.3 Å². The molecule has 0 aromatic heterocycles. The number of esters is 1. The van der Waals surface area contributed by atoms with E-state index in [1.807, 2.05) is 24.3 Å². The maximum atomic E-state index is 12.3. The number of benzene rings is 1. The molecule has 6 heteroatoms. The van der Waals surface area contributed by atoms with Crippen molar-refractivity contribution in [2.24, 2.45) is 0 Å². The zero-order valence-corrected chi connectivity index (χ0v) is 15.2. The van der Waals surface area contributed by atoms with Crippen LogP contribution in [0.2, 0.25) is 0 Å². The maximum absolute atomic E-state index is 12.3. The normalized spacial score (nSPS) is 10.7. The molecule has 0 saturated heterocycles. The fourth-order valence-electron chi connectivity index (χ4n) is 2.03. The number of ether oxygens (including phenoxy) is 3. The largest absolute Gasteiger partial charge is 0.494 e. The highest BCUT2D eigenvalue weighted by molar-refractivity contribution is 5.92. The molecule has 1 aromatic rings. The highest BCUT2D eigenvalue weighted by Crippen LogP contribution is 2.13. The van der Waals surface area contributed by atoms with Crippen molar-refractivity contribution in [3.05, 3.63) is 35.9 Å². The monoisotopic (exact) mass is 349 g/mol. The molecule has 0 bridgehead atoms. The van der Waals surface area contributed by atoms with Crippen LogP contribution < -0.4 is 4.74 Å². The number of methoxy groups -OCH3 is 2. The molecule has 0 heterocycles. The van der Waals surface area contributed by atoms with Gasteiger partial charge in [0.2, 0.25) is 5.91 Å². The van der Waals surface area contributed by atoms with E-state index in [0.717, 1.165) is 17.7 Å². The zero-order chi connectivity index (χ0) is 18.5. The Labute approximate surface area is 149 Å². The van der Waals surface area contributed by atoms with Gasteiger partial charge >= 0.3 is 5.97 Å². The molecule has 0 radical (unpaired) electrons. The quantitative estimate of drug-likeness (QED) is 0.454. The molecule has 1 aromatic carbocycles. The zero-order valence-electron chi connectivity index (χ0n) is 15.2. The third-order valence-corrected chi connectivity index (χ3v) is 3.46. The third kappa shape index (κ3) is 8.35. The Balaban J connectivity index is 2.63. The van der Waals surface area contributed by atoms with E-state index in [2.05, 4.69) is 11.7 Å². The summed E-state index contributed by atoms with van der Waals surface area (Å²) in [4.78, 5) is 25.2. The summed E-state index contributed by atoms with van der Waals surface area (Å²) in [5, 5.41) is 0. The number of hydrogen-bond donors (Lipinski definition) is 0. The maximum Gasteiger partial charge on any atom is 0.307 e. The number of rotatable bonds is 11. The molecular formula is C19H27NO5. The van der Waals surface area contributed by atoms with Crippen LogP contribution in [-0.4, -0.2) is 57.3 Å². The van der Waals surface area contributed by atoms with Gasteiger partial charge in [-0.2, -0.15) is 0 Å². The van der Waals surface area contributed by atoms with E-state index >= 15 is 0 Å². The molecule has 0 unspecified atom stereocenters. The van der Waals surface area contributed by atoms with Crippen LogP contribution in [0.4, 0.5) is 0 Å². The second-order valence-corrected chi connectivity index (χ2v) is 5.40. The average molecular weight is 349 g/mol. The second-order valence-electron chi connectivity index (χ2n) is 5.40. The van der Waals surface area contributed by atoms with Crippen molar-refractivity contribution in [2.75, 3.05) is 40.5 Å². The van der Waals surface area contributed by atoms with Crippen LogP contribution in [0.25, 0.3) is 6.08 Å². The first-order valence-electron chi connectivity index (χ1n) is 8.36. The van der Waals surface area contributed by atoms with E-state index in [1.54, 1.807) is 18.1 Å². The highest BCUT2D eigenvalue weighted by atomic mass is 16.5. The van der Waals surface area contributed by atoms with Gasteiger partial charge in [0.25, 0.3) is 0 Å². The second kappa shape index (κ2) is 12.1. The van der Waals surface area contributed by atoms with Gasteiger partial charge in [-0.05, 0) is 30.2 Å². The van der Waals surface area contributed by atoms with Gasteiger partial charge in [-0.3, -0.25) is 9.59 Å². The van der Waals surface area contributed by atoms with Crippen LogP contribution in [0.1, 0.15) is 25.3 Å². The first-order chi connectivity index (χ1) is 12.1. The fraction of sp³-hybridized carbons (Fsp3) is 0.474. The Morgan fingerprint density at radius 2 is 1.80 bits per heavy atom. The van der Waals surface area contributed by atoms with Crippen LogP contribution in [-0.2, 0) is 19.1 Å². The predicted molar refractivity (Wildman–Crippen MR) is 96.4 cm³/mol. The average Bonchev–Trinajstić information content (AvgIpc) is 2.65. The van der Waals surface area contributed by atoms with E-state index in [0.29, 0.717) is 26.3 Å². The van der Waals surface area contributed by atoms with Crippen LogP contribution in [0, 0.1) is 0 Å². The van der Waals surface area contributed by atoms with E-state index in [1.165, 1.54) is 13.2 Å². The minimum absolute atomic E-state index is 0.156. The molecule has 138 valence electrons. The van der Waals surface area contributed by atoms with E-state index in [-0.39, 0.29) is 18.3 Å². The Morgan fingerprint density at radius 3 is 2.40 bits per heavy atom. The molecule has 0 atom stereocenters. The van der Waals surface area contributed by atoms with Crippen LogP contribution in [0.3, 0.4) is 0 Å². The first kappa shape index (κ1) is 20.7. The van der Waals surface area contributed by atoms with E-state index < -0.39 is 0 Å². The summed E-state index contributed by atoms with van der Waals surface area (Å²) in [7, 11) is 2.90. The van der Waals surface area contributed by atoms with Crippen LogP contribution >= 0.6 is 0 Å². The Morgan fingerprint density at radius 1 is 1.08 bits per heavy atom. The number of carbonyl (C=O) groups excluding carboxylic acids is 2. The van der Waals surface area contributed by atoms with Gasteiger partial charge in [0.05, 0.1) is 26.7 Å². The SMILES string of the molecule is CCCOc1ccc(/C=C/C(=O)N(CCOC)CCC(=O)OC)cc1. The molecule has 25 heavy (non-hydrogen) atoms. The molecule has 0 saturated carbocycles. The number of carbonyl (C=O) groups is 2. The van der Waals surface area contributed by atoms with Crippen molar-refractivity contribution < 1.29 is 23.8 Å². The molecule has 1 rings (SSSR count). The Hall–Kier alpha value is -2.34. The first-order valence-corrected chi connectivity index (χ1v) is 8.36. The smallest absolute Gasteiger partial charge is 0.307 e. The summed E-state index contributed by atoms with van der Waals surface area (Å²) in [6.07, 6.45) is 4.35. The lowest BCUT2D eigenvalue weighted by Crippen LogP contribution is -2.34. The molecule has 0 aliphatic rings. The molecule has 0 aliphatic carbocycles. The molecule has 0 spiro atoms. The topological polar surface area (TPSA) is 65.1 Å². The van der Waals surface area contributed by atoms with Crippen molar-refractivity contribution in [1.82, 2.24) is 4.90 Å². The lowest BCUT2D eigenvalue weighted by atomic mass is 10.2. The molecular weight excluding hydrogens is 322 g/mol. The Bertz CT molecular complexity index is 553. The van der Waals surface area contributed by atoms with Gasteiger partial charge in [-0.25, -0.2) is 0 Å². The van der Waals surface area contributed by atoms with E-state index in [9.17, 15) is 9.59 Å². The van der Waals surface area contributed by atoms with E-state index in [4.69, 9.17) is 9.47 Å². The summed E-state index contributed by atoms with van der Waals surface area (Å²) >= 11 is 0. The lowest BCUT2D eigenvalue weighted by molar-refractivity contribution is -0.141. The summed E-state index contributed by atoms with van der Waals surface area (Å²) in [5.41, 5.74) is 0.900. The molecule has 0 fully saturated rings. The van der Waals surface area contributed by atoms with Gasteiger partial charge in [-0.15, -0.1) is 0 Å². The number of hydrogen-bond acceptors (Lipinski definition) is 5. The van der Waals surface area contributed by atoms with Crippen LogP contribution in [0.5, 0.6) is 5.75 Å². The van der Waals surface area contributed by atoms with Gasteiger partial charge in [0.1, 0.15) is 5.75 Å². The number of amides is 1. The lowest BCUT2D eigenvalue weighted by Gasteiger charge is -2.20. The van der Waals surface area contributed by atoms with Gasteiger partial charge in [-0.1, -0.05) is 19.1 Å². The molecule has 1 amide bonds. The van der Waals surface area contributed by atoms with Crippen molar-refractivity contribution in [3.63, 3.8) is 0 Å². The summed E-state index contributed by atoms with van der Waals surface area (Å²) in [6.45, 7) is 3.86. The number of nitrogens with zero attached hydrogens (tertiary/aromatic N) is 1. The van der Waals surface area contributed by atoms with Gasteiger partial charge in [0.15, 0.2) is 0 Å². The van der Waals surface area contributed by atoms with Crippen molar-refractivity contribution in [3.8, 4) is 5.75 Å². The van der Waals surface area contributed by atoms with Crippen LogP contribution in [0.15, 0.2) is 30.3 Å². The van der Waals surface area contributed by atoms with Crippen molar-refractivity contribution in [2.45, 2.75) is 19.8 Å². The fourth-order valence-corrected chi connectivity index (χ4v) is 2.03. The summed E-state index contributed by atoms with van der Waals surface area (Å²) in [5.74, 6) is 0.291. The van der Waals surface area contributed by atoms with Crippen molar-refractivity contribution in [1.29, 1.82) is 0 Å². The van der Waals surface area contributed by atoms with Crippen molar-refractivity contribution >= 4 is 18.0 Å². The molecule has 0 aliphatic heterocycles. The standard InChI is InChI=1S/C19H27NO5/c1-4-14-25-17-8-5-16(6-9-17)7-10-18(21)20(13-15-23-2)12-11-19(22)24-3/h5-10H,4,11-15H2,1-3H3/b10-7+. The molecule has 6 nitrogen and oxygen atoms in total. The third-order valence-electron chi connectivity index (χ3n) is 3.46. The predicted octanol–water partition coefficient (Wildman–Crippen LogP) is 2.53. The molecule has 0 N–H and O–H groups in total.